The van der Waals surface area contributed by atoms with Gasteiger partial charge in [0, 0.05) is 30.8 Å². The maximum atomic E-state index is 12.3. The van der Waals surface area contributed by atoms with Gasteiger partial charge in [-0.3, -0.25) is 9.59 Å². The number of thioether (sulfide) groups is 1. The minimum atomic E-state index is -0.186. The molecule has 2 aromatic rings. The zero-order chi connectivity index (χ0) is 19.2. The third kappa shape index (κ3) is 5.46. The van der Waals surface area contributed by atoms with E-state index in [0.717, 1.165) is 25.9 Å². The topological polar surface area (TPSA) is 80.1 Å². The number of hydrogen-bond acceptors (Lipinski definition) is 5. The number of anilines is 1. The average Bonchev–Trinajstić information content (AvgIpc) is 3.02. The van der Waals surface area contributed by atoms with Crippen LogP contribution >= 0.6 is 23.4 Å². The molecule has 144 valence electrons. The van der Waals surface area contributed by atoms with Crippen molar-refractivity contribution in [2.24, 2.45) is 7.05 Å². The molecule has 0 saturated carbocycles. The first-order valence-corrected chi connectivity index (χ1v) is 10.2. The normalized spacial score (nSPS) is 14.2. The summed E-state index contributed by atoms with van der Waals surface area (Å²) in [6.45, 7) is 1.68. The zero-order valence-corrected chi connectivity index (χ0v) is 16.7. The van der Waals surface area contributed by atoms with Gasteiger partial charge in [-0.1, -0.05) is 23.4 Å². The van der Waals surface area contributed by atoms with Crippen molar-refractivity contribution in [2.75, 3.05) is 24.2 Å². The molecule has 27 heavy (non-hydrogen) atoms. The molecule has 0 aliphatic carbocycles. The molecule has 0 unspecified atom stereocenters. The second-order valence-corrected chi connectivity index (χ2v) is 7.80. The number of nitrogens with zero attached hydrogens (tertiary/aromatic N) is 4. The third-order valence-electron chi connectivity index (χ3n) is 4.41. The number of benzene rings is 1. The summed E-state index contributed by atoms with van der Waals surface area (Å²) in [5.41, 5.74) is 0.674. The van der Waals surface area contributed by atoms with Crippen molar-refractivity contribution in [1.82, 2.24) is 19.7 Å². The molecule has 1 aliphatic rings. The highest BCUT2D eigenvalue weighted by Gasteiger charge is 2.19. The van der Waals surface area contributed by atoms with E-state index < -0.39 is 0 Å². The molecule has 0 bridgehead atoms. The average molecular weight is 408 g/mol. The number of rotatable bonds is 6. The van der Waals surface area contributed by atoms with Gasteiger partial charge < -0.3 is 14.8 Å². The van der Waals surface area contributed by atoms with Gasteiger partial charge in [0.15, 0.2) is 5.16 Å². The summed E-state index contributed by atoms with van der Waals surface area (Å²) in [6.07, 6.45) is 3.45. The number of halogens is 1. The monoisotopic (exact) mass is 407 g/mol. The minimum absolute atomic E-state index is 0.104. The Morgan fingerprint density at radius 2 is 1.85 bits per heavy atom. The number of carbonyl (C=O) groups is 2. The van der Waals surface area contributed by atoms with Crippen molar-refractivity contribution in [2.45, 2.75) is 30.8 Å². The van der Waals surface area contributed by atoms with E-state index in [9.17, 15) is 9.59 Å². The molecule has 1 aromatic heterocycles. The van der Waals surface area contributed by atoms with Crippen LogP contribution in [0.15, 0.2) is 29.4 Å². The number of carbonyl (C=O) groups excluding carboxylic acids is 2. The Labute approximate surface area is 167 Å². The van der Waals surface area contributed by atoms with E-state index in [1.807, 2.05) is 4.90 Å². The molecular formula is C18H22ClN5O2S. The van der Waals surface area contributed by atoms with Gasteiger partial charge >= 0.3 is 0 Å². The Balaban J connectivity index is 1.52. The molecule has 1 N–H and O–H groups in total. The highest BCUT2D eigenvalue weighted by atomic mass is 35.5. The summed E-state index contributed by atoms with van der Waals surface area (Å²) >= 11 is 7.19. The second kappa shape index (κ2) is 9.23. The molecule has 3 rings (SSSR count). The van der Waals surface area contributed by atoms with E-state index in [2.05, 4.69) is 15.5 Å². The van der Waals surface area contributed by atoms with Gasteiger partial charge in [0.2, 0.25) is 11.8 Å². The van der Waals surface area contributed by atoms with Crippen LogP contribution in [0.4, 0.5) is 5.69 Å². The van der Waals surface area contributed by atoms with Crippen molar-refractivity contribution in [3.63, 3.8) is 0 Å². The summed E-state index contributed by atoms with van der Waals surface area (Å²) in [7, 11) is 1.80. The predicted octanol–water partition coefficient (Wildman–Crippen LogP) is 2.75. The van der Waals surface area contributed by atoms with E-state index in [1.54, 1.807) is 35.9 Å². The second-order valence-electron chi connectivity index (χ2n) is 6.42. The minimum Gasteiger partial charge on any atom is -0.342 e. The number of likely N-dealkylation sites (tertiary alicyclic amines) is 1. The first-order valence-electron chi connectivity index (χ1n) is 8.87. The highest BCUT2D eigenvalue weighted by molar-refractivity contribution is 7.99. The maximum absolute atomic E-state index is 12.3. The van der Waals surface area contributed by atoms with Gasteiger partial charge in [-0.2, -0.15) is 0 Å². The number of nitrogens with one attached hydrogen (secondary N) is 1. The van der Waals surface area contributed by atoms with Crippen LogP contribution in [0.3, 0.4) is 0 Å². The zero-order valence-electron chi connectivity index (χ0n) is 15.2. The molecule has 2 heterocycles. The molecular weight excluding hydrogens is 386 g/mol. The van der Waals surface area contributed by atoms with E-state index in [4.69, 9.17) is 11.6 Å². The smallest absolute Gasteiger partial charge is 0.233 e. The molecule has 0 spiro atoms. The fourth-order valence-electron chi connectivity index (χ4n) is 2.87. The summed E-state index contributed by atoms with van der Waals surface area (Å²) < 4.78 is 1.76. The summed E-state index contributed by atoms with van der Waals surface area (Å²) in [5, 5.41) is 12.2. The first kappa shape index (κ1) is 19.7. The number of piperidine rings is 1. The van der Waals surface area contributed by atoms with Gasteiger partial charge in [0.05, 0.1) is 12.2 Å². The molecule has 1 aliphatic heterocycles. The van der Waals surface area contributed by atoms with Gasteiger partial charge in [-0.15, -0.1) is 10.2 Å². The van der Waals surface area contributed by atoms with Crippen LogP contribution in [0.25, 0.3) is 0 Å². The number of hydrogen-bond donors (Lipinski definition) is 1. The Morgan fingerprint density at radius 1 is 1.15 bits per heavy atom. The SMILES string of the molecule is Cn1c(CC(=O)Nc2ccc(Cl)cc2)nnc1SCC(=O)N1CCCCC1. The van der Waals surface area contributed by atoms with Crippen LogP contribution in [-0.4, -0.2) is 50.3 Å². The maximum Gasteiger partial charge on any atom is 0.233 e. The molecule has 1 aromatic carbocycles. The number of aromatic nitrogens is 3. The third-order valence-corrected chi connectivity index (χ3v) is 5.66. The van der Waals surface area contributed by atoms with E-state index in [1.165, 1.54) is 18.2 Å². The summed E-state index contributed by atoms with van der Waals surface area (Å²) in [6, 6.07) is 6.91. The lowest BCUT2D eigenvalue weighted by Crippen LogP contribution is -2.36. The lowest BCUT2D eigenvalue weighted by molar-refractivity contribution is -0.129. The van der Waals surface area contributed by atoms with Crippen molar-refractivity contribution in [1.29, 1.82) is 0 Å². The fourth-order valence-corrected chi connectivity index (χ4v) is 3.83. The number of amides is 2. The fraction of sp³-hybridized carbons (Fsp3) is 0.444. The Kier molecular flexibility index (Phi) is 6.73. The van der Waals surface area contributed by atoms with Crippen LogP contribution in [0.1, 0.15) is 25.1 Å². The van der Waals surface area contributed by atoms with Crippen LogP contribution in [0, 0.1) is 0 Å². The molecule has 1 fully saturated rings. The molecule has 9 heteroatoms. The Morgan fingerprint density at radius 3 is 2.56 bits per heavy atom. The van der Waals surface area contributed by atoms with Gasteiger partial charge in [0.25, 0.3) is 0 Å². The summed E-state index contributed by atoms with van der Waals surface area (Å²) in [5.74, 6) is 0.830. The van der Waals surface area contributed by atoms with Gasteiger partial charge in [-0.25, -0.2) is 0 Å². The van der Waals surface area contributed by atoms with Gasteiger partial charge in [-0.05, 0) is 43.5 Å². The van der Waals surface area contributed by atoms with Crippen molar-refractivity contribution < 1.29 is 9.59 Å². The lowest BCUT2D eigenvalue weighted by atomic mass is 10.1. The van der Waals surface area contributed by atoms with Crippen LogP contribution < -0.4 is 5.32 Å². The predicted molar refractivity (Wildman–Crippen MR) is 106 cm³/mol. The van der Waals surface area contributed by atoms with Gasteiger partial charge in [0.1, 0.15) is 5.82 Å². The van der Waals surface area contributed by atoms with Crippen LogP contribution in [0.5, 0.6) is 0 Å². The van der Waals surface area contributed by atoms with Crippen molar-refractivity contribution >= 4 is 40.9 Å². The Bertz CT molecular complexity index is 803. The van der Waals surface area contributed by atoms with E-state index >= 15 is 0 Å². The Hall–Kier alpha value is -2.06. The molecule has 7 nitrogen and oxygen atoms in total. The standard InChI is InChI=1S/C18H22ClN5O2S/c1-23-15(11-16(25)20-14-7-5-13(19)6-8-14)21-22-18(23)27-12-17(26)24-9-3-2-4-10-24/h5-8H,2-4,9-12H2,1H3,(H,20,25). The summed E-state index contributed by atoms with van der Waals surface area (Å²) in [4.78, 5) is 26.4. The largest absolute Gasteiger partial charge is 0.342 e. The van der Waals surface area contributed by atoms with E-state index in [0.29, 0.717) is 27.4 Å². The van der Waals surface area contributed by atoms with Crippen molar-refractivity contribution in [3.8, 4) is 0 Å². The molecule has 1 saturated heterocycles. The molecule has 2 amide bonds. The van der Waals surface area contributed by atoms with Crippen molar-refractivity contribution in [3.05, 3.63) is 35.1 Å². The first-order chi connectivity index (χ1) is 13.0. The van der Waals surface area contributed by atoms with Crippen LogP contribution in [0.2, 0.25) is 5.02 Å². The highest BCUT2D eigenvalue weighted by Crippen LogP contribution is 2.19. The molecule has 0 atom stereocenters. The quantitative estimate of drug-likeness (QED) is 0.745. The molecule has 0 radical (unpaired) electrons. The van der Waals surface area contributed by atoms with E-state index in [-0.39, 0.29) is 18.2 Å². The lowest BCUT2D eigenvalue weighted by Gasteiger charge is -2.26. The van der Waals surface area contributed by atoms with Crippen LogP contribution in [-0.2, 0) is 23.1 Å².